The van der Waals surface area contributed by atoms with Crippen LogP contribution < -0.4 is 4.74 Å². The van der Waals surface area contributed by atoms with E-state index >= 15 is 0 Å². The molecule has 0 unspecified atom stereocenters. The van der Waals surface area contributed by atoms with Crippen molar-refractivity contribution in [2.75, 3.05) is 0 Å². The predicted molar refractivity (Wildman–Crippen MR) is 119 cm³/mol. The number of aryl methyl sites for hydroxylation is 1. The summed E-state index contributed by atoms with van der Waals surface area (Å²) in [5.74, 6) is 1.03. The van der Waals surface area contributed by atoms with Crippen molar-refractivity contribution in [2.24, 2.45) is 0 Å². The molecule has 0 bridgehead atoms. The van der Waals surface area contributed by atoms with Crippen LogP contribution in [0.25, 0.3) is 28.0 Å². The van der Waals surface area contributed by atoms with Crippen molar-refractivity contribution in [1.29, 1.82) is 0 Å². The van der Waals surface area contributed by atoms with Crippen molar-refractivity contribution in [3.63, 3.8) is 0 Å². The van der Waals surface area contributed by atoms with E-state index in [1.807, 2.05) is 42.5 Å². The molecular formula is C27H22O2. The average Bonchev–Trinajstić information content (AvgIpc) is 2.77. The van der Waals surface area contributed by atoms with Crippen LogP contribution in [0.5, 0.6) is 11.5 Å². The quantitative estimate of drug-likeness (QED) is 0.425. The lowest BCUT2D eigenvalue weighted by Crippen LogP contribution is -2.05. The first-order valence-corrected chi connectivity index (χ1v) is 10.0. The molecule has 142 valence electrons. The fourth-order valence-electron chi connectivity index (χ4n) is 4.18. The zero-order chi connectivity index (χ0) is 19.6. The first-order chi connectivity index (χ1) is 14.3. The topological polar surface area (TPSA) is 29.5 Å². The molecule has 0 radical (unpaired) electrons. The summed E-state index contributed by atoms with van der Waals surface area (Å²) in [6.07, 6.45) is 6.63. The standard InChI is InChI=1S/C27H22O2/c28-26-15-7-5-13-23(26)24-14-6-8-16-27(24)29-18-25-21-11-3-1-9-19(21)17-20-10-2-4-12-22(20)25/h1,3-9,11-17,28H,2,10,18H2. The highest BCUT2D eigenvalue weighted by molar-refractivity contribution is 5.90. The number of rotatable bonds is 4. The van der Waals surface area contributed by atoms with E-state index < -0.39 is 0 Å². The minimum Gasteiger partial charge on any atom is -0.507 e. The van der Waals surface area contributed by atoms with Crippen LogP contribution in [-0.2, 0) is 13.0 Å². The average molecular weight is 378 g/mol. The van der Waals surface area contributed by atoms with E-state index in [2.05, 4.69) is 42.5 Å². The van der Waals surface area contributed by atoms with E-state index in [1.165, 1.54) is 27.5 Å². The highest BCUT2D eigenvalue weighted by Gasteiger charge is 2.15. The first-order valence-electron chi connectivity index (χ1n) is 10.0. The van der Waals surface area contributed by atoms with E-state index in [4.69, 9.17) is 4.74 Å². The zero-order valence-corrected chi connectivity index (χ0v) is 16.1. The molecule has 29 heavy (non-hydrogen) atoms. The maximum absolute atomic E-state index is 10.3. The van der Waals surface area contributed by atoms with Crippen LogP contribution in [0.3, 0.4) is 0 Å². The monoisotopic (exact) mass is 378 g/mol. The summed E-state index contributed by atoms with van der Waals surface area (Å²) < 4.78 is 6.36. The Labute approximate surface area is 170 Å². The molecule has 4 aromatic rings. The number of benzene rings is 4. The number of phenols is 1. The Morgan fingerprint density at radius 3 is 2.48 bits per heavy atom. The molecule has 0 aromatic heterocycles. The minimum atomic E-state index is 0.258. The molecule has 0 atom stereocenters. The summed E-state index contributed by atoms with van der Waals surface area (Å²) in [4.78, 5) is 0. The highest BCUT2D eigenvalue weighted by atomic mass is 16.5. The third-order valence-corrected chi connectivity index (χ3v) is 5.60. The molecule has 4 aromatic carbocycles. The molecule has 1 aliphatic carbocycles. The lowest BCUT2D eigenvalue weighted by Gasteiger charge is -2.19. The number of para-hydroxylation sites is 2. The number of fused-ring (bicyclic) bond motifs is 2. The Kier molecular flexibility index (Phi) is 4.53. The predicted octanol–water partition coefficient (Wildman–Crippen LogP) is 6.75. The van der Waals surface area contributed by atoms with E-state index in [0.29, 0.717) is 6.61 Å². The summed E-state index contributed by atoms with van der Waals surface area (Å²) in [6.45, 7) is 0.485. The normalized spacial score (nSPS) is 12.7. The maximum atomic E-state index is 10.3. The van der Waals surface area contributed by atoms with Gasteiger partial charge in [0.05, 0.1) is 0 Å². The van der Waals surface area contributed by atoms with Crippen molar-refractivity contribution < 1.29 is 9.84 Å². The van der Waals surface area contributed by atoms with Gasteiger partial charge in [-0.1, -0.05) is 78.9 Å². The Morgan fingerprint density at radius 2 is 1.59 bits per heavy atom. The van der Waals surface area contributed by atoms with Crippen molar-refractivity contribution in [2.45, 2.75) is 19.4 Å². The number of ether oxygens (including phenoxy) is 1. The van der Waals surface area contributed by atoms with Crippen LogP contribution in [-0.4, -0.2) is 5.11 Å². The van der Waals surface area contributed by atoms with Crippen LogP contribution in [0.2, 0.25) is 0 Å². The highest BCUT2D eigenvalue weighted by Crippen LogP contribution is 2.37. The lowest BCUT2D eigenvalue weighted by atomic mass is 9.89. The third-order valence-electron chi connectivity index (χ3n) is 5.60. The molecule has 0 saturated carbocycles. The van der Waals surface area contributed by atoms with Gasteiger partial charge in [-0.3, -0.25) is 0 Å². The molecule has 2 nitrogen and oxygen atoms in total. The second kappa shape index (κ2) is 7.48. The minimum absolute atomic E-state index is 0.258. The molecule has 0 saturated heterocycles. The Morgan fingerprint density at radius 1 is 0.828 bits per heavy atom. The smallest absolute Gasteiger partial charge is 0.127 e. The van der Waals surface area contributed by atoms with Gasteiger partial charge in [-0.05, 0) is 46.9 Å². The molecule has 1 aliphatic rings. The second-order valence-electron chi connectivity index (χ2n) is 7.39. The maximum Gasteiger partial charge on any atom is 0.127 e. The fourth-order valence-corrected chi connectivity index (χ4v) is 4.18. The lowest BCUT2D eigenvalue weighted by molar-refractivity contribution is 0.308. The number of hydrogen-bond acceptors (Lipinski definition) is 2. The van der Waals surface area contributed by atoms with Crippen LogP contribution >= 0.6 is 0 Å². The van der Waals surface area contributed by atoms with Gasteiger partial charge in [0.15, 0.2) is 0 Å². The molecule has 0 aliphatic heterocycles. The Balaban J connectivity index is 1.56. The van der Waals surface area contributed by atoms with Gasteiger partial charge in [-0.15, -0.1) is 0 Å². The van der Waals surface area contributed by atoms with Crippen molar-refractivity contribution >= 4 is 16.8 Å². The van der Waals surface area contributed by atoms with Crippen molar-refractivity contribution in [1.82, 2.24) is 0 Å². The van der Waals surface area contributed by atoms with Gasteiger partial charge in [0.25, 0.3) is 0 Å². The van der Waals surface area contributed by atoms with E-state index in [9.17, 15) is 5.11 Å². The Hall–Kier alpha value is -3.52. The van der Waals surface area contributed by atoms with Crippen molar-refractivity contribution in [3.05, 3.63) is 102 Å². The third kappa shape index (κ3) is 3.27. The van der Waals surface area contributed by atoms with Crippen LogP contribution in [0.1, 0.15) is 23.1 Å². The molecule has 0 amide bonds. The number of hydrogen-bond donors (Lipinski definition) is 1. The van der Waals surface area contributed by atoms with Gasteiger partial charge in [0.1, 0.15) is 18.1 Å². The summed E-state index contributed by atoms with van der Waals surface area (Å²) in [5, 5.41) is 12.8. The summed E-state index contributed by atoms with van der Waals surface area (Å²) >= 11 is 0. The summed E-state index contributed by atoms with van der Waals surface area (Å²) in [5.41, 5.74) is 5.58. The van der Waals surface area contributed by atoms with Crippen LogP contribution in [0, 0.1) is 0 Å². The van der Waals surface area contributed by atoms with Crippen molar-refractivity contribution in [3.8, 4) is 22.6 Å². The molecule has 0 fully saturated rings. The molecule has 1 N–H and O–H groups in total. The van der Waals surface area contributed by atoms with Crippen LogP contribution in [0.4, 0.5) is 0 Å². The molecule has 2 heteroatoms. The molecule has 0 spiro atoms. The molecule has 0 heterocycles. The van der Waals surface area contributed by atoms with Crippen LogP contribution in [0.15, 0.2) is 84.9 Å². The first kappa shape index (κ1) is 17.6. The van der Waals surface area contributed by atoms with E-state index in [1.54, 1.807) is 6.07 Å². The van der Waals surface area contributed by atoms with Gasteiger partial charge in [-0.25, -0.2) is 0 Å². The van der Waals surface area contributed by atoms with Gasteiger partial charge < -0.3 is 9.84 Å². The molecular weight excluding hydrogens is 356 g/mol. The number of aromatic hydroxyl groups is 1. The van der Waals surface area contributed by atoms with E-state index in [0.717, 1.165) is 29.7 Å². The number of allylic oxidation sites excluding steroid dienone is 1. The number of phenolic OH excluding ortho intramolecular Hbond substituents is 1. The fraction of sp³-hybridized carbons (Fsp3) is 0.111. The van der Waals surface area contributed by atoms with Gasteiger partial charge >= 0.3 is 0 Å². The van der Waals surface area contributed by atoms with Gasteiger partial charge in [-0.2, -0.15) is 0 Å². The largest absolute Gasteiger partial charge is 0.507 e. The van der Waals surface area contributed by atoms with Gasteiger partial charge in [0, 0.05) is 16.7 Å². The molecule has 5 rings (SSSR count). The van der Waals surface area contributed by atoms with Gasteiger partial charge in [0.2, 0.25) is 0 Å². The van der Waals surface area contributed by atoms with E-state index in [-0.39, 0.29) is 5.75 Å². The summed E-state index contributed by atoms with van der Waals surface area (Å²) in [6, 6.07) is 26.1. The summed E-state index contributed by atoms with van der Waals surface area (Å²) in [7, 11) is 0. The zero-order valence-electron chi connectivity index (χ0n) is 16.1. The SMILES string of the molecule is Oc1ccccc1-c1ccccc1OCc1c2c(cc3ccccc13)CCC=C2. The Bertz CT molecular complexity index is 1220. The second-order valence-corrected chi connectivity index (χ2v) is 7.39.